The van der Waals surface area contributed by atoms with Gasteiger partial charge in [-0.25, -0.2) is 0 Å². The summed E-state index contributed by atoms with van der Waals surface area (Å²) in [6, 6.07) is 8.85. The number of nitrogens with zero attached hydrogens (tertiary/aromatic N) is 2. The molecule has 3 rings (SSSR count). The van der Waals surface area contributed by atoms with E-state index in [4.69, 9.17) is 4.74 Å². The van der Waals surface area contributed by atoms with Crippen LogP contribution in [-0.2, 0) is 0 Å². The van der Waals surface area contributed by atoms with Crippen LogP contribution >= 0.6 is 0 Å². The number of methoxy groups -OCH3 is 1. The van der Waals surface area contributed by atoms with Crippen molar-refractivity contribution in [2.75, 3.05) is 32.1 Å². The summed E-state index contributed by atoms with van der Waals surface area (Å²) in [7, 11) is 1.71. The number of fused-ring (bicyclic) bond motifs is 1. The number of hydrogen-bond donors (Lipinski definition) is 1. The Bertz CT molecular complexity index is 644. The van der Waals surface area contributed by atoms with Gasteiger partial charge in [-0.15, -0.1) is 0 Å². The summed E-state index contributed by atoms with van der Waals surface area (Å²) in [5.41, 5.74) is 2.08. The molecule has 0 bridgehead atoms. The van der Waals surface area contributed by atoms with E-state index in [0.717, 1.165) is 41.3 Å². The van der Waals surface area contributed by atoms with Crippen LogP contribution in [0.25, 0.3) is 10.9 Å². The van der Waals surface area contributed by atoms with E-state index in [-0.39, 0.29) is 0 Å². The van der Waals surface area contributed by atoms with E-state index in [0.29, 0.717) is 0 Å². The van der Waals surface area contributed by atoms with Gasteiger partial charge in [-0.05, 0) is 44.9 Å². The SMILES string of the molecule is COc1cc(NCCCN2CCCCC2C)c2ncccc2c1. The monoisotopic (exact) mass is 313 g/mol. The minimum Gasteiger partial charge on any atom is -0.497 e. The molecule has 1 fully saturated rings. The van der Waals surface area contributed by atoms with Gasteiger partial charge in [0.1, 0.15) is 5.75 Å². The molecule has 4 heteroatoms. The van der Waals surface area contributed by atoms with Gasteiger partial charge in [-0.3, -0.25) is 4.98 Å². The molecular formula is C19H27N3O. The first-order valence-corrected chi connectivity index (χ1v) is 8.68. The van der Waals surface area contributed by atoms with Gasteiger partial charge in [-0.1, -0.05) is 12.5 Å². The highest BCUT2D eigenvalue weighted by atomic mass is 16.5. The van der Waals surface area contributed by atoms with Crippen LogP contribution in [0.15, 0.2) is 30.5 Å². The van der Waals surface area contributed by atoms with E-state index in [1.165, 1.54) is 32.4 Å². The number of rotatable bonds is 6. The van der Waals surface area contributed by atoms with Crippen LogP contribution in [0.4, 0.5) is 5.69 Å². The van der Waals surface area contributed by atoms with E-state index >= 15 is 0 Å². The van der Waals surface area contributed by atoms with Crippen molar-refractivity contribution < 1.29 is 4.74 Å². The Hall–Kier alpha value is -1.81. The predicted octanol–water partition coefficient (Wildman–Crippen LogP) is 3.92. The lowest BCUT2D eigenvalue weighted by atomic mass is 10.0. The van der Waals surface area contributed by atoms with Crippen molar-refractivity contribution in [3.63, 3.8) is 0 Å². The van der Waals surface area contributed by atoms with Crippen molar-refractivity contribution in [2.45, 2.75) is 38.6 Å². The second-order valence-corrected chi connectivity index (χ2v) is 6.41. The molecule has 0 spiro atoms. The van der Waals surface area contributed by atoms with E-state index in [9.17, 15) is 0 Å². The third-order valence-corrected chi connectivity index (χ3v) is 4.79. The van der Waals surface area contributed by atoms with Gasteiger partial charge in [0, 0.05) is 36.8 Å². The maximum Gasteiger partial charge on any atom is 0.121 e. The zero-order valence-electron chi connectivity index (χ0n) is 14.2. The average molecular weight is 313 g/mol. The molecular weight excluding hydrogens is 286 g/mol. The highest BCUT2D eigenvalue weighted by molar-refractivity contribution is 5.91. The first-order chi connectivity index (χ1) is 11.3. The molecule has 2 aromatic rings. The van der Waals surface area contributed by atoms with Crippen LogP contribution < -0.4 is 10.1 Å². The summed E-state index contributed by atoms with van der Waals surface area (Å²) in [6.45, 7) is 5.74. The van der Waals surface area contributed by atoms with Gasteiger partial charge >= 0.3 is 0 Å². The summed E-state index contributed by atoms with van der Waals surface area (Å²) < 4.78 is 5.40. The molecule has 0 amide bonds. The smallest absolute Gasteiger partial charge is 0.121 e. The highest BCUT2D eigenvalue weighted by Gasteiger charge is 2.17. The quantitative estimate of drug-likeness (QED) is 0.820. The van der Waals surface area contributed by atoms with Gasteiger partial charge in [-0.2, -0.15) is 0 Å². The first kappa shape index (κ1) is 16.1. The molecule has 1 unspecified atom stereocenters. The van der Waals surface area contributed by atoms with Crippen molar-refractivity contribution in [1.29, 1.82) is 0 Å². The van der Waals surface area contributed by atoms with Crippen molar-refractivity contribution >= 4 is 16.6 Å². The van der Waals surface area contributed by atoms with Crippen molar-refractivity contribution in [2.24, 2.45) is 0 Å². The molecule has 23 heavy (non-hydrogen) atoms. The molecule has 0 radical (unpaired) electrons. The molecule has 0 saturated carbocycles. The van der Waals surface area contributed by atoms with E-state index in [2.05, 4.69) is 28.2 Å². The fraction of sp³-hybridized carbons (Fsp3) is 0.526. The molecule has 124 valence electrons. The molecule has 1 atom stereocenters. The Morgan fingerprint density at radius 2 is 2.26 bits per heavy atom. The lowest BCUT2D eigenvalue weighted by Crippen LogP contribution is -2.38. The maximum atomic E-state index is 5.40. The Balaban J connectivity index is 1.60. The van der Waals surface area contributed by atoms with Crippen LogP contribution in [0.3, 0.4) is 0 Å². The van der Waals surface area contributed by atoms with Crippen LogP contribution in [0.1, 0.15) is 32.6 Å². The summed E-state index contributed by atoms with van der Waals surface area (Å²) in [6.07, 6.45) is 7.07. The fourth-order valence-corrected chi connectivity index (χ4v) is 3.41. The predicted molar refractivity (Wildman–Crippen MR) is 96.3 cm³/mol. The summed E-state index contributed by atoms with van der Waals surface area (Å²) >= 11 is 0. The van der Waals surface area contributed by atoms with Crippen LogP contribution in [0, 0.1) is 0 Å². The zero-order chi connectivity index (χ0) is 16.1. The second kappa shape index (κ2) is 7.64. The molecule has 1 saturated heterocycles. The number of likely N-dealkylation sites (tertiary alicyclic amines) is 1. The second-order valence-electron chi connectivity index (χ2n) is 6.41. The van der Waals surface area contributed by atoms with Gasteiger partial charge < -0.3 is 15.0 Å². The minimum absolute atomic E-state index is 0.739. The lowest BCUT2D eigenvalue weighted by molar-refractivity contribution is 0.160. The number of pyridine rings is 1. The molecule has 1 aliphatic heterocycles. The normalized spacial score (nSPS) is 19.0. The number of ether oxygens (including phenoxy) is 1. The van der Waals surface area contributed by atoms with E-state index in [1.54, 1.807) is 7.11 Å². The van der Waals surface area contributed by atoms with Crippen molar-refractivity contribution in [1.82, 2.24) is 9.88 Å². The van der Waals surface area contributed by atoms with Crippen molar-refractivity contribution in [3.8, 4) is 5.75 Å². The molecule has 0 aliphatic carbocycles. The van der Waals surface area contributed by atoms with E-state index < -0.39 is 0 Å². The number of benzene rings is 1. The Morgan fingerprint density at radius 1 is 1.35 bits per heavy atom. The summed E-state index contributed by atoms with van der Waals surface area (Å²) in [5.74, 6) is 0.873. The van der Waals surface area contributed by atoms with Gasteiger partial charge in [0.2, 0.25) is 0 Å². The third-order valence-electron chi connectivity index (χ3n) is 4.79. The molecule has 4 nitrogen and oxygen atoms in total. The molecule has 1 aromatic heterocycles. The van der Waals surface area contributed by atoms with Gasteiger partial charge in [0.15, 0.2) is 0 Å². The van der Waals surface area contributed by atoms with Crippen LogP contribution in [0.5, 0.6) is 5.75 Å². The number of anilines is 1. The summed E-state index contributed by atoms with van der Waals surface area (Å²) in [5, 5.41) is 4.66. The van der Waals surface area contributed by atoms with Crippen LogP contribution in [-0.4, -0.2) is 42.7 Å². The van der Waals surface area contributed by atoms with Gasteiger partial charge in [0.05, 0.1) is 18.3 Å². The number of hydrogen-bond acceptors (Lipinski definition) is 4. The number of aromatic nitrogens is 1. The van der Waals surface area contributed by atoms with Gasteiger partial charge in [0.25, 0.3) is 0 Å². The molecule has 1 aromatic carbocycles. The van der Waals surface area contributed by atoms with Crippen molar-refractivity contribution in [3.05, 3.63) is 30.5 Å². The topological polar surface area (TPSA) is 37.4 Å². The molecule has 2 heterocycles. The van der Waals surface area contributed by atoms with Crippen LogP contribution in [0.2, 0.25) is 0 Å². The third kappa shape index (κ3) is 3.94. The lowest BCUT2D eigenvalue weighted by Gasteiger charge is -2.33. The van der Waals surface area contributed by atoms with E-state index in [1.807, 2.05) is 24.4 Å². The number of piperidine rings is 1. The fourth-order valence-electron chi connectivity index (χ4n) is 3.41. The molecule has 1 aliphatic rings. The maximum absolute atomic E-state index is 5.40. The standard InChI is InChI=1S/C19H27N3O/c1-15-7-3-4-11-22(15)12-6-10-20-18-14-17(23-2)13-16-8-5-9-21-19(16)18/h5,8-9,13-15,20H,3-4,6-7,10-12H2,1-2H3. The largest absolute Gasteiger partial charge is 0.497 e. The Kier molecular flexibility index (Phi) is 5.34. The highest BCUT2D eigenvalue weighted by Crippen LogP contribution is 2.27. The summed E-state index contributed by atoms with van der Waals surface area (Å²) in [4.78, 5) is 7.13. The zero-order valence-corrected chi connectivity index (χ0v) is 14.2. The Morgan fingerprint density at radius 3 is 3.09 bits per heavy atom. The first-order valence-electron chi connectivity index (χ1n) is 8.68. The Labute approximate surface area is 138 Å². The minimum atomic E-state index is 0.739. The number of nitrogens with one attached hydrogen (secondary N) is 1. The molecule has 1 N–H and O–H groups in total. The average Bonchev–Trinajstić information content (AvgIpc) is 2.59.